The lowest BCUT2D eigenvalue weighted by atomic mass is 9.98. The highest BCUT2D eigenvalue weighted by atomic mass is 16.6. The van der Waals surface area contributed by atoms with Gasteiger partial charge in [0, 0.05) is 11.6 Å². The molecule has 2 saturated carbocycles. The van der Waals surface area contributed by atoms with Crippen LogP contribution in [0.15, 0.2) is 24.3 Å². The van der Waals surface area contributed by atoms with Crippen LogP contribution in [-0.2, 0) is 0 Å². The zero-order chi connectivity index (χ0) is 11.3. The SMILES string of the molecule is CC1(C2CC2c2ccccc2[N+](=O)[O-])CC1. The fourth-order valence-electron chi connectivity index (χ4n) is 2.84. The molecule has 2 aliphatic rings. The molecule has 0 heterocycles. The summed E-state index contributed by atoms with van der Waals surface area (Å²) in [7, 11) is 0. The summed E-state index contributed by atoms with van der Waals surface area (Å²) in [5.41, 5.74) is 1.75. The molecular weight excluding hydrogens is 202 g/mol. The van der Waals surface area contributed by atoms with E-state index in [2.05, 4.69) is 6.92 Å². The fraction of sp³-hybridized carbons (Fsp3) is 0.538. The highest BCUT2D eigenvalue weighted by Crippen LogP contribution is 2.67. The summed E-state index contributed by atoms with van der Waals surface area (Å²) < 4.78 is 0. The van der Waals surface area contributed by atoms with E-state index in [-0.39, 0.29) is 4.92 Å². The number of nitro groups is 1. The minimum absolute atomic E-state index is 0.250. The molecule has 0 saturated heterocycles. The molecule has 1 aromatic carbocycles. The van der Waals surface area contributed by atoms with Crippen LogP contribution in [0.3, 0.4) is 0 Å². The van der Waals surface area contributed by atoms with Gasteiger partial charge in [0.05, 0.1) is 4.92 Å². The van der Waals surface area contributed by atoms with Crippen LogP contribution in [0.2, 0.25) is 0 Å². The van der Waals surface area contributed by atoms with E-state index in [1.165, 1.54) is 12.8 Å². The van der Waals surface area contributed by atoms with Crippen LogP contribution < -0.4 is 0 Å². The van der Waals surface area contributed by atoms with Gasteiger partial charge in [-0.2, -0.15) is 0 Å². The lowest BCUT2D eigenvalue weighted by molar-refractivity contribution is -0.385. The maximum atomic E-state index is 10.9. The van der Waals surface area contributed by atoms with Gasteiger partial charge in [0.25, 0.3) is 5.69 Å². The lowest BCUT2D eigenvalue weighted by Crippen LogP contribution is -2.00. The van der Waals surface area contributed by atoms with E-state index in [4.69, 9.17) is 0 Å². The average Bonchev–Trinajstić information content (AvgIpc) is 3.12. The second kappa shape index (κ2) is 3.06. The Morgan fingerprint density at radius 3 is 2.69 bits per heavy atom. The molecule has 3 rings (SSSR count). The minimum Gasteiger partial charge on any atom is -0.258 e. The van der Waals surface area contributed by atoms with Crippen LogP contribution in [0.5, 0.6) is 0 Å². The molecule has 0 aliphatic heterocycles. The van der Waals surface area contributed by atoms with Gasteiger partial charge in [-0.3, -0.25) is 10.1 Å². The molecule has 0 radical (unpaired) electrons. The van der Waals surface area contributed by atoms with Gasteiger partial charge in [0.1, 0.15) is 0 Å². The van der Waals surface area contributed by atoms with Crippen molar-refractivity contribution in [3.8, 4) is 0 Å². The van der Waals surface area contributed by atoms with E-state index in [1.807, 2.05) is 12.1 Å². The van der Waals surface area contributed by atoms with E-state index in [9.17, 15) is 10.1 Å². The van der Waals surface area contributed by atoms with Crippen molar-refractivity contribution in [2.75, 3.05) is 0 Å². The van der Waals surface area contributed by atoms with E-state index < -0.39 is 0 Å². The molecule has 0 aromatic heterocycles. The topological polar surface area (TPSA) is 43.1 Å². The van der Waals surface area contributed by atoms with Crippen molar-refractivity contribution in [1.82, 2.24) is 0 Å². The van der Waals surface area contributed by atoms with Gasteiger partial charge in [-0.25, -0.2) is 0 Å². The number of nitrogens with zero attached hydrogens (tertiary/aromatic N) is 1. The molecule has 84 valence electrons. The zero-order valence-corrected chi connectivity index (χ0v) is 9.35. The second-order valence-electron chi connectivity index (χ2n) is 5.42. The number of nitro benzene ring substituents is 1. The van der Waals surface area contributed by atoms with E-state index in [0.717, 1.165) is 12.0 Å². The number of hydrogen-bond acceptors (Lipinski definition) is 2. The van der Waals surface area contributed by atoms with Gasteiger partial charge in [-0.1, -0.05) is 25.1 Å². The first-order chi connectivity index (χ1) is 7.62. The third kappa shape index (κ3) is 1.42. The van der Waals surface area contributed by atoms with Gasteiger partial charge in [-0.05, 0) is 36.5 Å². The molecule has 0 bridgehead atoms. The second-order valence-corrected chi connectivity index (χ2v) is 5.42. The summed E-state index contributed by atoms with van der Waals surface area (Å²) >= 11 is 0. The van der Waals surface area contributed by atoms with E-state index >= 15 is 0 Å². The first kappa shape index (κ1) is 9.82. The first-order valence-electron chi connectivity index (χ1n) is 5.85. The summed E-state index contributed by atoms with van der Waals surface area (Å²) in [5, 5.41) is 10.9. The average molecular weight is 217 g/mol. The molecule has 2 aliphatic carbocycles. The van der Waals surface area contributed by atoms with Crippen molar-refractivity contribution < 1.29 is 4.92 Å². The summed E-state index contributed by atoms with van der Waals surface area (Å²) in [6.45, 7) is 2.31. The molecule has 0 N–H and O–H groups in total. The van der Waals surface area contributed by atoms with Crippen LogP contribution in [0.1, 0.15) is 37.7 Å². The predicted octanol–water partition coefficient (Wildman–Crippen LogP) is 3.50. The Morgan fingerprint density at radius 1 is 1.38 bits per heavy atom. The van der Waals surface area contributed by atoms with Crippen molar-refractivity contribution in [1.29, 1.82) is 0 Å². The van der Waals surface area contributed by atoms with Gasteiger partial charge in [0.2, 0.25) is 0 Å². The van der Waals surface area contributed by atoms with Crippen LogP contribution >= 0.6 is 0 Å². The third-order valence-electron chi connectivity index (χ3n) is 4.26. The Hall–Kier alpha value is -1.38. The highest BCUT2D eigenvalue weighted by Gasteiger charge is 2.57. The lowest BCUT2D eigenvalue weighted by Gasteiger charge is -2.07. The molecule has 3 heteroatoms. The number of benzene rings is 1. The first-order valence-corrected chi connectivity index (χ1v) is 5.85. The summed E-state index contributed by atoms with van der Waals surface area (Å²) in [6.07, 6.45) is 3.74. The standard InChI is InChI=1S/C13H15NO2/c1-13(6-7-13)11-8-10(11)9-4-2-3-5-12(9)14(15)16/h2-5,10-11H,6-8H2,1H3. The van der Waals surface area contributed by atoms with Crippen LogP contribution in [-0.4, -0.2) is 4.92 Å². The highest BCUT2D eigenvalue weighted by molar-refractivity contribution is 5.45. The van der Waals surface area contributed by atoms with Gasteiger partial charge in [0.15, 0.2) is 0 Å². The minimum atomic E-state index is -0.250. The molecule has 0 spiro atoms. The Kier molecular flexibility index (Phi) is 1.88. The molecule has 2 atom stereocenters. The maximum Gasteiger partial charge on any atom is 0.272 e. The number of para-hydroxylation sites is 1. The van der Waals surface area contributed by atoms with Crippen molar-refractivity contribution in [2.24, 2.45) is 11.3 Å². The molecule has 1 aromatic rings. The number of rotatable bonds is 3. The van der Waals surface area contributed by atoms with Crippen molar-refractivity contribution in [3.05, 3.63) is 39.9 Å². The molecule has 0 amide bonds. The van der Waals surface area contributed by atoms with Crippen molar-refractivity contribution >= 4 is 5.69 Å². The van der Waals surface area contributed by atoms with Gasteiger partial charge >= 0.3 is 0 Å². The predicted molar refractivity (Wildman–Crippen MR) is 61.3 cm³/mol. The third-order valence-corrected chi connectivity index (χ3v) is 4.26. The Morgan fingerprint density at radius 2 is 2.06 bits per heavy atom. The van der Waals surface area contributed by atoms with Gasteiger partial charge in [-0.15, -0.1) is 0 Å². The molecular formula is C13H15NO2. The molecule has 16 heavy (non-hydrogen) atoms. The number of hydrogen-bond donors (Lipinski definition) is 0. The molecule has 2 unspecified atom stereocenters. The Balaban J connectivity index is 1.88. The maximum absolute atomic E-state index is 10.9. The normalized spacial score (nSPS) is 29.8. The summed E-state index contributed by atoms with van der Waals surface area (Å²) in [5.74, 6) is 1.13. The van der Waals surface area contributed by atoms with Crippen LogP contribution in [0.4, 0.5) is 5.69 Å². The quantitative estimate of drug-likeness (QED) is 0.574. The van der Waals surface area contributed by atoms with Gasteiger partial charge < -0.3 is 0 Å². The fourth-order valence-corrected chi connectivity index (χ4v) is 2.84. The molecule has 3 nitrogen and oxygen atoms in total. The van der Waals surface area contributed by atoms with E-state index in [0.29, 0.717) is 22.9 Å². The van der Waals surface area contributed by atoms with Crippen molar-refractivity contribution in [2.45, 2.75) is 32.1 Å². The summed E-state index contributed by atoms with van der Waals surface area (Å²) in [4.78, 5) is 10.7. The zero-order valence-electron chi connectivity index (χ0n) is 9.35. The Labute approximate surface area is 94.6 Å². The van der Waals surface area contributed by atoms with Crippen LogP contribution in [0, 0.1) is 21.4 Å². The Bertz CT molecular complexity index is 451. The monoisotopic (exact) mass is 217 g/mol. The smallest absolute Gasteiger partial charge is 0.258 e. The van der Waals surface area contributed by atoms with Crippen LogP contribution in [0.25, 0.3) is 0 Å². The molecule has 2 fully saturated rings. The van der Waals surface area contributed by atoms with Crippen molar-refractivity contribution in [3.63, 3.8) is 0 Å². The van der Waals surface area contributed by atoms with E-state index in [1.54, 1.807) is 12.1 Å². The summed E-state index contributed by atoms with van der Waals surface area (Å²) in [6, 6.07) is 7.21. The largest absolute Gasteiger partial charge is 0.272 e.